The molecule has 0 aliphatic heterocycles. The van der Waals surface area contributed by atoms with Crippen molar-refractivity contribution in [3.05, 3.63) is 70.7 Å². The van der Waals surface area contributed by atoms with Gasteiger partial charge in [-0.2, -0.15) is 0 Å². The van der Waals surface area contributed by atoms with Crippen molar-refractivity contribution in [2.45, 2.75) is 0 Å². The Balaban J connectivity index is 1.87. The molecule has 0 atom stereocenters. The lowest BCUT2D eigenvalue weighted by atomic mass is 9.97. The summed E-state index contributed by atoms with van der Waals surface area (Å²) in [5, 5.41) is 13.5. The van der Waals surface area contributed by atoms with Gasteiger partial charge in [-0.05, 0) is 78.9 Å². The van der Waals surface area contributed by atoms with Crippen molar-refractivity contribution in [1.82, 2.24) is 0 Å². The highest BCUT2D eigenvalue weighted by Crippen LogP contribution is 2.38. The summed E-state index contributed by atoms with van der Waals surface area (Å²) in [6.07, 6.45) is 0. The average Bonchev–Trinajstić information content (AvgIpc) is 2.72. The molecule has 0 amide bonds. The highest BCUT2D eigenvalue weighted by Gasteiger charge is 2.17. The second-order valence-electron chi connectivity index (χ2n) is 6.44. The van der Waals surface area contributed by atoms with Crippen molar-refractivity contribution in [3.8, 4) is 22.6 Å². The van der Waals surface area contributed by atoms with Crippen molar-refractivity contribution in [2.24, 2.45) is 0 Å². The number of carboxylic acids is 1. The van der Waals surface area contributed by atoms with Crippen LogP contribution in [0.3, 0.4) is 0 Å². The third-order valence-electron chi connectivity index (χ3n) is 4.85. The molecule has 0 spiro atoms. The topological polar surface area (TPSA) is 55.8 Å². The van der Waals surface area contributed by atoms with Gasteiger partial charge in [-0.25, -0.2) is 4.79 Å². The highest BCUT2D eigenvalue weighted by molar-refractivity contribution is 9.10. The number of methoxy groups -OCH3 is 2. The molecule has 0 unspecified atom stereocenters. The van der Waals surface area contributed by atoms with E-state index in [-0.39, 0.29) is 5.56 Å². The standard InChI is InChI=1S/C23H17BrO4/c1-27-18-7-5-14-9-13(3-4-16(14)11-18)15-6-8-19-17(10-15)12-20(23(25)26)22(28-2)21(19)24/h3-12H,1-2H3,(H,25,26). The molecule has 4 aromatic rings. The van der Waals surface area contributed by atoms with Crippen molar-refractivity contribution in [3.63, 3.8) is 0 Å². The average molecular weight is 437 g/mol. The van der Waals surface area contributed by atoms with E-state index >= 15 is 0 Å². The van der Waals surface area contributed by atoms with Crippen LogP contribution in [0.2, 0.25) is 0 Å². The summed E-state index contributed by atoms with van der Waals surface area (Å²) in [6, 6.07) is 19.8. The maximum absolute atomic E-state index is 11.6. The molecular formula is C23H17BrO4. The lowest BCUT2D eigenvalue weighted by Gasteiger charge is -2.12. The van der Waals surface area contributed by atoms with Crippen LogP contribution in [0, 0.1) is 0 Å². The summed E-state index contributed by atoms with van der Waals surface area (Å²) < 4.78 is 11.2. The third-order valence-corrected chi connectivity index (χ3v) is 5.63. The van der Waals surface area contributed by atoms with Crippen molar-refractivity contribution >= 4 is 43.4 Å². The molecule has 140 valence electrons. The first-order chi connectivity index (χ1) is 13.5. The van der Waals surface area contributed by atoms with Gasteiger partial charge in [0, 0.05) is 0 Å². The normalized spacial score (nSPS) is 11.0. The molecule has 0 aromatic heterocycles. The van der Waals surface area contributed by atoms with Gasteiger partial charge in [0.25, 0.3) is 0 Å². The molecule has 28 heavy (non-hydrogen) atoms. The Hall–Kier alpha value is -3.05. The monoisotopic (exact) mass is 436 g/mol. The smallest absolute Gasteiger partial charge is 0.339 e. The Labute approximate surface area is 170 Å². The van der Waals surface area contributed by atoms with E-state index in [9.17, 15) is 9.90 Å². The Bertz CT molecular complexity index is 1230. The number of hydrogen-bond acceptors (Lipinski definition) is 3. The first kappa shape index (κ1) is 18.3. The van der Waals surface area contributed by atoms with Crippen LogP contribution in [-0.2, 0) is 0 Å². The molecule has 5 heteroatoms. The molecule has 1 N–H and O–H groups in total. The zero-order chi connectivity index (χ0) is 19.8. The zero-order valence-electron chi connectivity index (χ0n) is 15.3. The molecule has 0 aliphatic rings. The van der Waals surface area contributed by atoms with Gasteiger partial charge < -0.3 is 14.6 Å². The van der Waals surface area contributed by atoms with Gasteiger partial charge in [-0.1, -0.05) is 30.3 Å². The van der Waals surface area contributed by atoms with Gasteiger partial charge in [0.05, 0.1) is 18.7 Å². The van der Waals surface area contributed by atoms with Gasteiger partial charge >= 0.3 is 5.97 Å². The van der Waals surface area contributed by atoms with Crippen LogP contribution in [0.5, 0.6) is 11.5 Å². The summed E-state index contributed by atoms with van der Waals surface area (Å²) in [4.78, 5) is 11.6. The summed E-state index contributed by atoms with van der Waals surface area (Å²) >= 11 is 3.49. The van der Waals surface area contributed by atoms with Crippen molar-refractivity contribution in [1.29, 1.82) is 0 Å². The fourth-order valence-corrected chi connectivity index (χ4v) is 4.15. The maximum atomic E-state index is 11.6. The molecule has 0 saturated carbocycles. The molecule has 0 fully saturated rings. The predicted octanol–water partition coefficient (Wildman–Crippen LogP) is 6.14. The number of hydrogen-bond donors (Lipinski definition) is 1. The van der Waals surface area contributed by atoms with Gasteiger partial charge in [0.15, 0.2) is 0 Å². The van der Waals surface area contributed by atoms with Crippen LogP contribution in [-0.4, -0.2) is 25.3 Å². The van der Waals surface area contributed by atoms with Crippen LogP contribution in [0.4, 0.5) is 0 Å². The van der Waals surface area contributed by atoms with E-state index in [0.717, 1.165) is 38.4 Å². The fraction of sp³-hybridized carbons (Fsp3) is 0.0870. The van der Waals surface area contributed by atoms with Crippen molar-refractivity contribution in [2.75, 3.05) is 14.2 Å². The minimum absolute atomic E-state index is 0.129. The van der Waals surface area contributed by atoms with Crippen molar-refractivity contribution < 1.29 is 19.4 Å². The van der Waals surface area contributed by atoms with Crippen LogP contribution >= 0.6 is 15.9 Å². The first-order valence-electron chi connectivity index (χ1n) is 8.63. The fourth-order valence-electron chi connectivity index (χ4n) is 3.41. The van der Waals surface area contributed by atoms with E-state index in [4.69, 9.17) is 9.47 Å². The van der Waals surface area contributed by atoms with E-state index in [0.29, 0.717) is 10.2 Å². The number of halogens is 1. The quantitative estimate of drug-likeness (QED) is 0.417. The summed E-state index contributed by atoms with van der Waals surface area (Å²) in [7, 11) is 3.12. The SMILES string of the molecule is COc1ccc2cc(-c3ccc4c(Br)c(OC)c(C(=O)O)cc4c3)ccc2c1. The van der Waals surface area contributed by atoms with Crippen LogP contribution in [0.15, 0.2) is 65.1 Å². The summed E-state index contributed by atoms with van der Waals surface area (Å²) in [6.45, 7) is 0. The molecule has 0 bridgehead atoms. The van der Waals surface area contributed by atoms with Gasteiger partial charge in [-0.3, -0.25) is 0 Å². The lowest BCUT2D eigenvalue weighted by molar-refractivity contribution is 0.0693. The molecule has 4 aromatic carbocycles. The molecular weight excluding hydrogens is 420 g/mol. The highest BCUT2D eigenvalue weighted by atomic mass is 79.9. The lowest BCUT2D eigenvalue weighted by Crippen LogP contribution is -2.01. The largest absolute Gasteiger partial charge is 0.497 e. The van der Waals surface area contributed by atoms with E-state index in [1.165, 1.54) is 7.11 Å². The van der Waals surface area contributed by atoms with Crippen LogP contribution in [0.1, 0.15) is 10.4 Å². The maximum Gasteiger partial charge on any atom is 0.339 e. The summed E-state index contributed by atoms with van der Waals surface area (Å²) in [5.41, 5.74) is 2.20. The Morgan fingerprint density at radius 1 is 0.821 bits per heavy atom. The molecule has 0 radical (unpaired) electrons. The van der Waals surface area contributed by atoms with Gasteiger partial charge in [0.2, 0.25) is 0 Å². The predicted molar refractivity (Wildman–Crippen MR) is 115 cm³/mol. The number of carbonyl (C=O) groups is 1. The van der Waals surface area contributed by atoms with E-state index in [2.05, 4.69) is 34.1 Å². The van der Waals surface area contributed by atoms with E-state index < -0.39 is 5.97 Å². The number of ether oxygens (including phenoxy) is 2. The first-order valence-corrected chi connectivity index (χ1v) is 9.43. The Morgan fingerprint density at radius 3 is 2.14 bits per heavy atom. The molecule has 0 aliphatic carbocycles. The molecule has 0 heterocycles. The summed E-state index contributed by atoms with van der Waals surface area (Å²) in [5.74, 6) is 0.128. The molecule has 4 rings (SSSR count). The number of benzene rings is 4. The Morgan fingerprint density at radius 2 is 1.46 bits per heavy atom. The minimum atomic E-state index is -1.02. The Kier molecular flexibility index (Phi) is 4.69. The zero-order valence-corrected chi connectivity index (χ0v) is 16.9. The third kappa shape index (κ3) is 3.08. The molecule has 0 saturated heterocycles. The van der Waals surface area contributed by atoms with Gasteiger partial charge in [-0.15, -0.1) is 0 Å². The number of fused-ring (bicyclic) bond motifs is 2. The van der Waals surface area contributed by atoms with Crippen LogP contribution in [0.25, 0.3) is 32.7 Å². The van der Waals surface area contributed by atoms with Crippen LogP contribution < -0.4 is 9.47 Å². The number of aromatic carboxylic acids is 1. The van der Waals surface area contributed by atoms with E-state index in [1.807, 2.05) is 36.4 Å². The van der Waals surface area contributed by atoms with Gasteiger partial charge in [0.1, 0.15) is 17.1 Å². The second-order valence-corrected chi connectivity index (χ2v) is 7.23. The number of rotatable bonds is 4. The van der Waals surface area contributed by atoms with E-state index in [1.54, 1.807) is 13.2 Å². The second kappa shape index (κ2) is 7.17. The molecule has 4 nitrogen and oxygen atoms in total. The minimum Gasteiger partial charge on any atom is -0.497 e. The number of carboxylic acid groups (broad SMARTS) is 1.